The average Bonchev–Trinajstić information content (AvgIpc) is 3.82. The van der Waals surface area contributed by atoms with Crippen LogP contribution in [0.25, 0.3) is 16.6 Å². The van der Waals surface area contributed by atoms with Crippen LogP contribution < -0.4 is 10.6 Å². The predicted octanol–water partition coefficient (Wildman–Crippen LogP) is 5.60. The molecule has 9 nitrogen and oxygen atoms in total. The molecule has 1 saturated heterocycles. The topological polar surface area (TPSA) is 108 Å². The number of piperidine rings is 1. The van der Waals surface area contributed by atoms with E-state index in [1.807, 2.05) is 6.92 Å². The average molecular weight is 602 g/mol. The van der Waals surface area contributed by atoms with Gasteiger partial charge >= 0.3 is 0 Å². The SMILES string of the molecule is C/N=C\C(=C(\C)NC)c1nc(C)cc(C(=O)Nc2nc3cc(C4CCN(C5CC5)CC4)ccc3n2[C@H]2CC[C@@H](O)CC2)c1F. The van der Waals surface area contributed by atoms with Gasteiger partial charge in [0.15, 0.2) is 5.82 Å². The van der Waals surface area contributed by atoms with Gasteiger partial charge in [0, 0.05) is 49.4 Å². The van der Waals surface area contributed by atoms with Crippen molar-refractivity contribution in [2.75, 3.05) is 32.5 Å². The number of carbonyl (C=O) groups is 1. The second-order valence-corrected chi connectivity index (χ2v) is 12.7. The number of imidazole rings is 1. The summed E-state index contributed by atoms with van der Waals surface area (Å²) in [6.07, 6.45) is 9.12. The summed E-state index contributed by atoms with van der Waals surface area (Å²) in [5.74, 6) is -0.394. The smallest absolute Gasteiger partial charge is 0.261 e. The van der Waals surface area contributed by atoms with E-state index in [4.69, 9.17) is 4.98 Å². The molecule has 2 saturated carbocycles. The lowest BCUT2D eigenvalue weighted by Gasteiger charge is -2.32. The Morgan fingerprint density at radius 1 is 1.05 bits per heavy atom. The van der Waals surface area contributed by atoms with Gasteiger partial charge in [0.25, 0.3) is 5.91 Å². The van der Waals surface area contributed by atoms with Crippen LogP contribution in [0.2, 0.25) is 0 Å². The summed E-state index contributed by atoms with van der Waals surface area (Å²) >= 11 is 0. The molecule has 0 radical (unpaired) electrons. The number of aromatic nitrogens is 3. The quantitative estimate of drug-likeness (QED) is 0.290. The number of benzene rings is 1. The van der Waals surface area contributed by atoms with E-state index in [0.29, 0.717) is 41.7 Å². The first-order valence-corrected chi connectivity index (χ1v) is 16.0. The third-order valence-electron chi connectivity index (χ3n) is 9.66. The molecule has 3 aromatic rings. The van der Waals surface area contributed by atoms with Crippen LogP contribution in [0.5, 0.6) is 0 Å². The lowest BCUT2D eigenvalue weighted by atomic mass is 9.89. The highest BCUT2D eigenvalue weighted by Gasteiger charge is 2.33. The molecule has 1 aliphatic heterocycles. The van der Waals surface area contributed by atoms with Crippen LogP contribution in [0.4, 0.5) is 10.3 Å². The summed E-state index contributed by atoms with van der Waals surface area (Å²) in [7, 11) is 3.36. The maximum Gasteiger partial charge on any atom is 0.261 e. The number of pyridine rings is 1. The van der Waals surface area contributed by atoms with Crippen LogP contribution in [0, 0.1) is 12.7 Å². The number of fused-ring (bicyclic) bond motifs is 1. The molecule has 0 bridgehead atoms. The fourth-order valence-electron chi connectivity index (χ4n) is 6.95. The number of nitrogens with zero attached hydrogens (tertiary/aromatic N) is 5. The summed E-state index contributed by atoms with van der Waals surface area (Å²) in [6.45, 7) is 5.84. The number of aliphatic hydroxyl groups excluding tert-OH is 1. The van der Waals surface area contributed by atoms with Crippen molar-refractivity contribution >= 4 is 34.7 Å². The van der Waals surface area contributed by atoms with Gasteiger partial charge in [-0.2, -0.15) is 0 Å². The van der Waals surface area contributed by atoms with Crippen molar-refractivity contribution in [2.24, 2.45) is 4.99 Å². The Balaban J connectivity index is 1.34. The first-order chi connectivity index (χ1) is 21.3. The number of allylic oxidation sites excluding steroid dienone is 2. The van der Waals surface area contributed by atoms with E-state index in [2.05, 4.69) is 48.3 Å². The Labute approximate surface area is 258 Å². The van der Waals surface area contributed by atoms with Gasteiger partial charge in [0.1, 0.15) is 5.69 Å². The molecule has 3 fully saturated rings. The first kappa shape index (κ1) is 30.4. The summed E-state index contributed by atoms with van der Waals surface area (Å²) in [6, 6.07) is 8.86. The van der Waals surface area contributed by atoms with E-state index in [1.54, 1.807) is 27.2 Å². The van der Waals surface area contributed by atoms with Gasteiger partial charge in [-0.3, -0.25) is 15.1 Å². The van der Waals surface area contributed by atoms with Gasteiger partial charge in [-0.15, -0.1) is 0 Å². The lowest BCUT2D eigenvalue weighted by molar-refractivity contribution is 0.101. The molecule has 10 heteroatoms. The molecule has 44 heavy (non-hydrogen) atoms. The fraction of sp³-hybridized carbons (Fsp3) is 0.529. The largest absolute Gasteiger partial charge is 0.393 e. The molecule has 2 aromatic heterocycles. The standard InChI is InChI=1S/C34H44FN7O2/c1-20-17-27(31(35)32(38-20)28(19-36-3)21(2)37-4)33(44)40-34-39-29-18-23(22-13-15-41(16-14-22)24-6-7-24)5-12-30(29)42(34)25-8-10-26(43)11-9-25/h5,12,17-19,22,24-26,37,43H,6-11,13-16H2,1-4H3,(H,39,40,44)/b28-21+,36-19-/t25-,26+. The Morgan fingerprint density at radius 2 is 1.75 bits per heavy atom. The van der Waals surface area contributed by atoms with Crippen molar-refractivity contribution in [3.8, 4) is 0 Å². The summed E-state index contributed by atoms with van der Waals surface area (Å²) in [5, 5.41) is 16.2. The molecule has 3 heterocycles. The molecule has 234 valence electrons. The zero-order valence-electron chi connectivity index (χ0n) is 26.2. The van der Waals surface area contributed by atoms with Crippen LogP contribution in [-0.2, 0) is 0 Å². The second-order valence-electron chi connectivity index (χ2n) is 12.7. The highest BCUT2D eigenvalue weighted by molar-refractivity contribution is 6.11. The van der Waals surface area contributed by atoms with Crippen molar-refractivity contribution in [2.45, 2.75) is 89.3 Å². The maximum absolute atomic E-state index is 16.0. The highest BCUT2D eigenvalue weighted by atomic mass is 19.1. The molecule has 0 unspecified atom stereocenters. The van der Waals surface area contributed by atoms with Crippen molar-refractivity contribution < 1.29 is 14.3 Å². The minimum absolute atomic E-state index is 0.0690. The Hall–Kier alpha value is -3.63. The van der Waals surface area contributed by atoms with E-state index < -0.39 is 11.7 Å². The van der Waals surface area contributed by atoms with E-state index in [0.717, 1.165) is 55.8 Å². The van der Waals surface area contributed by atoms with E-state index >= 15 is 4.39 Å². The number of carbonyl (C=O) groups excluding carboxylic acids is 1. The highest BCUT2D eigenvalue weighted by Crippen LogP contribution is 2.38. The van der Waals surface area contributed by atoms with E-state index in [-0.39, 0.29) is 23.4 Å². The molecular weight excluding hydrogens is 557 g/mol. The first-order valence-electron chi connectivity index (χ1n) is 16.0. The van der Waals surface area contributed by atoms with Gasteiger partial charge < -0.3 is 19.9 Å². The predicted molar refractivity (Wildman–Crippen MR) is 173 cm³/mol. The molecule has 3 aliphatic rings. The summed E-state index contributed by atoms with van der Waals surface area (Å²) in [5.41, 5.74) is 4.72. The minimum atomic E-state index is -0.708. The molecule has 6 rings (SSSR count). The molecule has 0 atom stereocenters. The van der Waals surface area contributed by atoms with Crippen LogP contribution in [0.15, 0.2) is 35.0 Å². The zero-order valence-corrected chi connectivity index (χ0v) is 26.2. The van der Waals surface area contributed by atoms with Crippen LogP contribution in [0.3, 0.4) is 0 Å². The molecule has 1 aromatic carbocycles. The van der Waals surface area contributed by atoms with E-state index in [9.17, 15) is 9.90 Å². The number of aliphatic hydroxyl groups is 1. The number of aliphatic imine (C=N–C) groups is 1. The number of nitrogens with one attached hydrogen (secondary N) is 2. The number of halogens is 1. The van der Waals surface area contributed by atoms with Crippen molar-refractivity contribution in [3.63, 3.8) is 0 Å². The third kappa shape index (κ3) is 6.15. The van der Waals surface area contributed by atoms with Gasteiger partial charge in [0.05, 0.1) is 22.7 Å². The number of hydrogen-bond acceptors (Lipinski definition) is 7. The van der Waals surface area contributed by atoms with Gasteiger partial charge in [-0.25, -0.2) is 14.4 Å². The number of likely N-dealkylation sites (tertiary alicyclic amines) is 1. The normalized spacial score (nSPS) is 22.4. The number of amides is 1. The number of anilines is 1. The molecule has 0 spiro atoms. The van der Waals surface area contributed by atoms with E-state index in [1.165, 1.54) is 24.5 Å². The molecule has 1 amide bonds. The Kier molecular flexibility index (Phi) is 8.82. The molecule has 2 aliphatic carbocycles. The lowest BCUT2D eigenvalue weighted by Crippen LogP contribution is -2.34. The third-order valence-corrected chi connectivity index (χ3v) is 9.66. The van der Waals surface area contributed by atoms with Crippen molar-refractivity contribution in [1.29, 1.82) is 0 Å². The summed E-state index contributed by atoms with van der Waals surface area (Å²) < 4.78 is 18.1. The zero-order chi connectivity index (χ0) is 31.0. The van der Waals surface area contributed by atoms with Gasteiger partial charge in [0.2, 0.25) is 5.95 Å². The van der Waals surface area contributed by atoms with Crippen molar-refractivity contribution in [1.82, 2.24) is 24.8 Å². The fourth-order valence-corrected chi connectivity index (χ4v) is 6.95. The monoisotopic (exact) mass is 601 g/mol. The number of rotatable bonds is 8. The van der Waals surface area contributed by atoms with Crippen molar-refractivity contribution in [3.05, 3.63) is 58.3 Å². The Morgan fingerprint density at radius 3 is 2.41 bits per heavy atom. The number of aryl methyl sites for hydroxylation is 1. The Bertz CT molecular complexity index is 1590. The van der Waals surface area contributed by atoms with Crippen LogP contribution in [0.1, 0.15) is 97.6 Å². The molecular formula is C34H44FN7O2. The van der Waals surface area contributed by atoms with Gasteiger partial charge in [-0.05, 0) is 108 Å². The second kappa shape index (κ2) is 12.8. The van der Waals surface area contributed by atoms with Crippen LogP contribution in [-0.4, -0.2) is 76.0 Å². The minimum Gasteiger partial charge on any atom is -0.393 e. The summed E-state index contributed by atoms with van der Waals surface area (Å²) in [4.78, 5) is 29.9. The van der Waals surface area contributed by atoms with Crippen LogP contribution >= 0.6 is 0 Å². The van der Waals surface area contributed by atoms with Gasteiger partial charge in [-0.1, -0.05) is 6.07 Å². The molecule has 3 N–H and O–H groups in total. The number of hydrogen-bond donors (Lipinski definition) is 3. The maximum atomic E-state index is 16.0.